The molecule has 2 aliphatic heterocycles. The van der Waals surface area contributed by atoms with Gasteiger partial charge < -0.3 is 43.5 Å². The average Bonchev–Trinajstić information content (AvgIpc) is 4.16. The van der Waals surface area contributed by atoms with Crippen LogP contribution in [0.25, 0.3) is 22.5 Å². The Bertz CT molecular complexity index is 3190. The number of aromatic amines is 2. The van der Waals surface area contributed by atoms with Crippen LogP contribution in [0, 0.1) is 0 Å². The van der Waals surface area contributed by atoms with E-state index in [4.69, 9.17) is 28.4 Å². The molecule has 2 saturated heterocycles. The fourth-order valence-corrected chi connectivity index (χ4v) is 11.7. The lowest BCUT2D eigenvalue weighted by atomic mass is 9.69. The summed E-state index contributed by atoms with van der Waals surface area (Å²) in [6, 6.07) is 57.2. The first-order chi connectivity index (χ1) is 36.0. The van der Waals surface area contributed by atoms with Gasteiger partial charge in [0.15, 0.2) is 0 Å². The summed E-state index contributed by atoms with van der Waals surface area (Å²) in [5, 5.41) is 11.3. The fourth-order valence-electron chi connectivity index (χ4n) is 11.7. The van der Waals surface area contributed by atoms with Gasteiger partial charge in [-0.15, -0.1) is 0 Å². The number of aliphatic hydroxyl groups excluding tert-OH is 1. The molecule has 0 saturated carbocycles. The lowest BCUT2D eigenvalue weighted by molar-refractivity contribution is -0.0717. The van der Waals surface area contributed by atoms with E-state index in [0.29, 0.717) is 19.0 Å². The van der Waals surface area contributed by atoms with Crippen LogP contribution in [0.1, 0.15) is 96.2 Å². The summed E-state index contributed by atoms with van der Waals surface area (Å²) >= 11 is 0. The van der Waals surface area contributed by atoms with Gasteiger partial charge in [0.1, 0.15) is 43.0 Å². The van der Waals surface area contributed by atoms with Crippen LogP contribution >= 0.6 is 0 Å². The van der Waals surface area contributed by atoms with Crippen LogP contribution in [-0.2, 0) is 53.8 Å². The third-order valence-corrected chi connectivity index (χ3v) is 16.3. The van der Waals surface area contributed by atoms with Gasteiger partial charge in [-0.3, -0.25) is 0 Å². The summed E-state index contributed by atoms with van der Waals surface area (Å²) < 4.78 is 36.0. The molecule has 2 aromatic heterocycles. The monoisotopic (exact) mass is 986 g/mol. The number of benzene rings is 6. The largest absolute Gasteiger partial charge is 0.491 e. The Morgan fingerprint density at radius 3 is 1.41 bits per heavy atom. The van der Waals surface area contributed by atoms with Crippen molar-refractivity contribution in [1.29, 1.82) is 0 Å². The Hall–Kier alpha value is -6.72. The molecule has 0 amide bonds. The second kappa shape index (κ2) is 19.5. The highest BCUT2D eigenvalue weighted by molar-refractivity contribution is 5.68. The summed E-state index contributed by atoms with van der Waals surface area (Å²) in [4.78, 5) is 6.82. The van der Waals surface area contributed by atoms with Gasteiger partial charge in [0.2, 0.25) is 0 Å². The Morgan fingerprint density at radius 2 is 0.959 bits per heavy atom. The van der Waals surface area contributed by atoms with E-state index in [9.17, 15) is 5.11 Å². The molecular weight excluding hydrogens is 921 g/mol. The molecular formula is C65H66N2O7. The van der Waals surface area contributed by atoms with Crippen LogP contribution in [-0.4, -0.2) is 73.0 Å². The molecule has 3 N–H and O–H groups in total. The highest BCUT2D eigenvalue weighted by atomic mass is 16.6. The smallest absolute Gasteiger partial charge is 0.119 e. The first-order valence-corrected chi connectivity index (χ1v) is 26.4. The Kier molecular flexibility index (Phi) is 12.7. The van der Waals surface area contributed by atoms with Gasteiger partial charge in [-0.2, -0.15) is 0 Å². The van der Waals surface area contributed by atoms with E-state index in [1.807, 2.05) is 36.7 Å². The molecule has 4 heterocycles. The fraction of sp³-hybridized carbons (Fsp3) is 0.323. The number of ether oxygens (including phenoxy) is 6. The standard InChI is InChI=1S/C65H66N2O7/c1-62(2,47-13-17-49(18-14-47)65(52-23-27-55(28-24-52)70-39-56-40-71-56)32-30-44-10-12-46(36-59(44)65)61-8-6-34-67-61)73-38-53(68)37-69-54-25-21-51(22-26-54)64(31-29-43-9-11-45(35-58(43)64)60-7-5-33-66-60)50-19-15-48(16-20-50)63(3,4)74-42-57-41-72-57/h5-28,33-36,53,56-57,66-68H,29-32,37-42H2,1-4H3. The molecule has 74 heavy (non-hydrogen) atoms. The summed E-state index contributed by atoms with van der Waals surface area (Å²) in [7, 11) is 0. The zero-order chi connectivity index (χ0) is 50.5. The van der Waals surface area contributed by atoms with E-state index < -0.39 is 17.3 Å². The molecule has 12 rings (SSSR count). The van der Waals surface area contributed by atoms with Crippen LogP contribution in [0.3, 0.4) is 0 Å². The van der Waals surface area contributed by atoms with Crippen molar-refractivity contribution in [3.8, 4) is 34.0 Å². The maximum absolute atomic E-state index is 11.3. The number of H-pyrrole nitrogens is 2. The highest BCUT2D eigenvalue weighted by Crippen LogP contribution is 2.52. The lowest BCUT2D eigenvalue weighted by Crippen LogP contribution is -2.31. The number of hydrogen-bond acceptors (Lipinski definition) is 7. The number of fused-ring (bicyclic) bond motifs is 2. The Morgan fingerprint density at radius 1 is 0.527 bits per heavy atom. The van der Waals surface area contributed by atoms with E-state index >= 15 is 0 Å². The van der Waals surface area contributed by atoms with Gasteiger partial charge in [0.25, 0.3) is 0 Å². The van der Waals surface area contributed by atoms with Crippen LogP contribution in [0.5, 0.6) is 11.5 Å². The lowest BCUT2D eigenvalue weighted by Gasteiger charge is -2.34. The summed E-state index contributed by atoms with van der Waals surface area (Å²) in [6.45, 7) is 11.3. The van der Waals surface area contributed by atoms with Crippen molar-refractivity contribution in [1.82, 2.24) is 9.97 Å². The average molecular weight is 987 g/mol. The minimum absolute atomic E-state index is 0.0959. The Labute approximate surface area is 434 Å². The first-order valence-electron chi connectivity index (χ1n) is 26.4. The third kappa shape index (κ3) is 9.41. The van der Waals surface area contributed by atoms with Crippen molar-refractivity contribution in [3.63, 3.8) is 0 Å². The predicted octanol–water partition coefficient (Wildman–Crippen LogP) is 12.4. The van der Waals surface area contributed by atoms with Gasteiger partial charge >= 0.3 is 0 Å². The summed E-state index contributed by atoms with van der Waals surface area (Å²) in [5.41, 5.74) is 15.1. The van der Waals surface area contributed by atoms with Crippen molar-refractivity contribution < 1.29 is 33.5 Å². The second-order valence-electron chi connectivity index (χ2n) is 21.8. The molecule has 9 nitrogen and oxygen atoms in total. The quantitative estimate of drug-likeness (QED) is 0.0652. The topological polar surface area (TPSA) is 114 Å². The molecule has 0 spiro atoms. The van der Waals surface area contributed by atoms with Crippen molar-refractivity contribution in [3.05, 3.63) is 226 Å². The van der Waals surface area contributed by atoms with Gasteiger partial charge in [-0.25, -0.2) is 0 Å². The zero-order valence-corrected chi connectivity index (χ0v) is 42.9. The molecule has 9 heteroatoms. The van der Waals surface area contributed by atoms with Gasteiger partial charge in [-0.1, -0.05) is 97.1 Å². The van der Waals surface area contributed by atoms with E-state index in [0.717, 1.165) is 67.2 Å². The van der Waals surface area contributed by atoms with E-state index in [1.165, 1.54) is 55.6 Å². The van der Waals surface area contributed by atoms with E-state index in [1.54, 1.807) is 0 Å². The van der Waals surface area contributed by atoms with E-state index in [2.05, 4.69) is 171 Å². The molecule has 2 fully saturated rings. The number of rotatable bonds is 20. The minimum atomic E-state index is -0.841. The van der Waals surface area contributed by atoms with Crippen molar-refractivity contribution in [2.45, 2.75) is 93.7 Å². The number of aryl methyl sites for hydroxylation is 2. The summed E-state index contributed by atoms with van der Waals surface area (Å²) in [6.07, 6.45) is 7.35. The van der Waals surface area contributed by atoms with Crippen molar-refractivity contribution >= 4 is 0 Å². The van der Waals surface area contributed by atoms with E-state index in [-0.39, 0.29) is 36.3 Å². The molecule has 8 aromatic rings. The van der Waals surface area contributed by atoms with Crippen LogP contribution < -0.4 is 9.47 Å². The number of hydrogen-bond donors (Lipinski definition) is 3. The number of nitrogens with one attached hydrogen (secondary N) is 2. The third-order valence-electron chi connectivity index (χ3n) is 16.3. The van der Waals surface area contributed by atoms with Crippen LogP contribution in [0.2, 0.25) is 0 Å². The molecule has 4 aliphatic rings. The number of aromatic nitrogens is 2. The maximum atomic E-state index is 11.3. The molecule has 6 aromatic carbocycles. The maximum Gasteiger partial charge on any atom is 0.119 e. The SMILES string of the molecule is CC(C)(OCC(O)COc1ccc(C2(c3ccc(C(C)(C)OCC4CO4)cc3)CCc3ccc(-c4ccc[nH]4)cc32)cc1)c1ccc(C2(c3ccc(OCC4CO4)cc3)CCc3ccc(-c4ccc[nH]4)cc32)cc1. The number of aliphatic hydroxyl groups is 1. The van der Waals surface area contributed by atoms with Gasteiger partial charge in [-0.05, 0) is 181 Å². The van der Waals surface area contributed by atoms with Crippen molar-refractivity contribution in [2.24, 2.45) is 0 Å². The highest BCUT2D eigenvalue weighted by Gasteiger charge is 2.44. The predicted molar refractivity (Wildman–Crippen MR) is 289 cm³/mol. The van der Waals surface area contributed by atoms with Crippen LogP contribution in [0.15, 0.2) is 170 Å². The van der Waals surface area contributed by atoms with Crippen LogP contribution in [0.4, 0.5) is 0 Å². The van der Waals surface area contributed by atoms with Gasteiger partial charge in [0.05, 0.1) is 37.6 Å². The first kappa shape index (κ1) is 48.2. The molecule has 5 atom stereocenters. The molecule has 0 radical (unpaired) electrons. The molecule has 2 aliphatic carbocycles. The minimum Gasteiger partial charge on any atom is -0.491 e. The molecule has 5 unspecified atom stereocenters. The zero-order valence-electron chi connectivity index (χ0n) is 42.9. The summed E-state index contributed by atoms with van der Waals surface area (Å²) in [5.74, 6) is 1.55. The molecule has 0 bridgehead atoms. The van der Waals surface area contributed by atoms with Crippen molar-refractivity contribution in [2.75, 3.05) is 39.6 Å². The normalized spacial score (nSPS) is 21.3. The van der Waals surface area contributed by atoms with Gasteiger partial charge in [0, 0.05) is 34.6 Å². The Balaban J connectivity index is 0.742. The molecule has 378 valence electrons. The second-order valence-corrected chi connectivity index (χ2v) is 21.8. The number of epoxide rings is 2.